The smallest absolute Gasteiger partial charge is 0.228 e. The predicted molar refractivity (Wildman–Crippen MR) is 63.2 cm³/mol. The molecule has 0 bridgehead atoms. The van der Waals surface area contributed by atoms with Crippen molar-refractivity contribution in [3.05, 3.63) is 17.4 Å². The summed E-state index contributed by atoms with van der Waals surface area (Å²) in [6, 6.07) is 1.69. The van der Waals surface area contributed by atoms with Crippen LogP contribution in [0.15, 0.2) is 12.3 Å². The Kier molecular flexibility index (Phi) is 2.78. The maximum absolute atomic E-state index is 5.82. The summed E-state index contributed by atoms with van der Waals surface area (Å²) in [7, 11) is 5.29. The van der Waals surface area contributed by atoms with Gasteiger partial charge in [-0.25, -0.2) is 9.97 Å². The first-order valence-electron chi connectivity index (χ1n) is 4.66. The molecular formula is C10H11ClN4O. The third kappa shape index (κ3) is 1.86. The molecule has 0 aliphatic carbocycles. The van der Waals surface area contributed by atoms with Crippen LogP contribution in [0.1, 0.15) is 0 Å². The molecule has 2 rings (SSSR count). The average molecular weight is 239 g/mol. The van der Waals surface area contributed by atoms with E-state index in [1.165, 1.54) is 0 Å². The summed E-state index contributed by atoms with van der Waals surface area (Å²) in [6.45, 7) is 0. The SMILES string of the molecule is COc1nc(N(C)C)nc2cc(Cl)ncc12. The summed E-state index contributed by atoms with van der Waals surface area (Å²) < 4.78 is 5.20. The molecule has 5 nitrogen and oxygen atoms in total. The minimum atomic E-state index is 0.401. The largest absolute Gasteiger partial charge is 0.480 e. The van der Waals surface area contributed by atoms with Crippen LogP contribution in [0.2, 0.25) is 5.15 Å². The van der Waals surface area contributed by atoms with E-state index in [-0.39, 0.29) is 0 Å². The fraction of sp³-hybridized carbons (Fsp3) is 0.300. The van der Waals surface area contributed by atoms with Crippen molar-refractivity contribution < 1.29 is 4.74 Å². The van der Waals surface area contributed by atoms with Gasteiger partial charge in [0.05, 0.1) is 18.0 Å². The van der Waals surface area contributed by atoms with Crippen molar-refractivity contribution in [2.24, 2.45) is 0 Å². The molecule has 0 aromatic carbocycles. The molecule has 2 aromatic heterocycles. The van der Waals surface area contributed by atoms with Gasteiger partial charge in [0.25, 0.3) is 0 Å². The molecule has 0 radical (unpaired) electrons. The van der Waals surface area contributed by atoms with E-state index < -0.39 is 0 Å². The first-order chi connectivity index (χ1) is 7.61. The number of pyridine rings is 1. The van der Waals surface area contributed by atoms with Gasteiger partial charge in [0.15, 0.2) is 0 Å². The van der Waals surface area contributed by atoms with Crippen molar-refractivity contribution in [2.45, 2.75) is 0 Å². The minimum absolute atomic E-state index is 0.401. The van der Waals surface area contributed by atoms with Crippen molar-refractivity contribution in [3.63, 3.8) is 0 Å². The lowest BCUT2D eigenvalue weighted by Crippen LogP contribution is -2.13. The highest BCUT2D eigenvalue weighted by Crippen LogP contribution is 2.25. The number of aromatic nitrogens is 3. The van der Waals surface area contributed by atoms with Crippen LogP contribution >= 0.6 is 11.6 Å². The quantitative estimate of drug-likeness (QED) is 0.746. The Hall–Kier alpha value is -1.62. The maximum atomic E-state index is 5.82. The first kappa shape index (κ1) is 10.9. The van der Waals surface area contributed by atoms with Crippen molar-refractivity contribution in [2.75, 3.05) is 26.1 Å². The lowest BCUT2D eigenvalue weighted by molar-refractivity contribution is 0.403. The summed E-state index contributed by atoms with van der Waals surface area (Å²) >= 11 is 5.82. The van der Waals surface area contributed by atoms with Crippen LogP contribution in [0.25, 0.3) is 10.9 Å². The Labute approximate surface area is 98.0 Å². The standard InChI is InChI=1S/C10H11ClN4O/c1-15(2)10-13-7-4-8(11)12-5-6(7)9(14-10)16-3/h4-5H,1-3H3. The second kappa shape index (κ2) is 4.09. The third-order valence-corrected chi connectivity index (χ3v) is 2.30. The van der Waals surface area contributed by atoms with E-state index in [1.54, 1.807) is 24.3 Å². The molecular weight excluding hydrogens is 228 g/mol. The number of fused-ring (bicyclic) bond motifs is 1. The average Bonchev–Trinajstić information content (AvgIpc) is 2.26. The van der Waals surface area contributed by atoms with E-state index in [2.05, 4.69) is 15.0 Å². The van der Waals surface area contributed by atoms with E-state index in [9.17, 15) is 0 Å². The van der Waals surface area contributed by atoms with Crippen LogP contribution in [-0.2, 0) is 0 Å². The van der Waals surface area contributed by atoms with Crippen molar-refractivity contribution >= 4 is 28.5 Å². The van der Waals surface area contributed by atoms with Gasteiger partial charge in [-0.3, -0.25) is 0 Å². The first-order valence-corrected chi connectivity index (χ1v) is 5.04. The van der Waals surface area contributed by atoms with Crippen molar-refractivity contribution in [1.29, 1.82) is 0 Å². The van der Waals surface area contributed by atoms with Crippen LogP contribution in [0.3, 0.4) is 0 Å². The molecule has 0 atom stereocenters. The third-order valence-electron chi connectivity index (χ3n) is 2.09. The number of nitrogens with zero attached hydrogens (tertiary/aromatic N) is 4. The van der Waals surface area contributed by atoms with Crippen molar-refractivity contribution in [1.82, 2.24) is 15.0 Å². The van der Waals surface area contributed by atoms with Crippen LogP contribution in [-0.4, -0.2) is 36.2 Å². The Morgan fingerprint density at radius 1 is 1.31 bits per heavy atom. The number of hydrogen-bond acceptors (Lipinski definition) is 5. The van der Waals surface area contributed by atoms with E-state index >= 15 is 0 Å². The summed E-state index contributed by atoms with van der Waals surface area (Å²) in [5.74, 6) is 1.07. The molecule has 0 unspecified atom stereocenters. The zero-order valence-electron chi connectivity index (χ0n) is 9.23. The van der Waals surface area contributed by atoms with E-state index in [4.69, 9.17) is 16.3 Å². The van der Waals surface area contributed by atoms with Gasteiger partial charge in [0.2, 0.25) is 11.8 Å². The van der Waals surface area contributed by atoms with Crippen LogP contribution < -0.4 is 9.64 Å². The van der Waals surface area contributed by atoms with Gasteiger partial charge in [-0.15, -0.1) is 0 Å². The monoisotopic (exact) mass is 238 g/mol. The highest BCUT2D eigenvalue weighted by molar-refractivity contribution is 6.30. The fourth-order valence-corrected chi connectivity index (χ4v) is 1.47. The molecule has 16 heavy (non-hydrogen) atoms. The minimum Gasteiger partial charge on any atom is -0.480 e. The summed E-state index contributed by atoms with van der Waals surface area (Å²) in [4.78, 5) is 14.4. The molecule has 0 fully saturated rings. The Bertz CT molecular complexity index is 529. The highest BCUT2D eigenvalue weighted by atomic mass is 35.5. The van der Waals surface area contributed by atoms with Crippen LogP contribution in [0.5, 0.6) is 5.88 Å². The Balaban J connectivity index is 2.73. The molecule has 0 N–H and O–H groups in total. The maximum Gasteiger partial charge on any atom is 0.228 e. The summed E-state index contributed by atoms with van der Waals surface area (Å²) in [6.07, 6.45) is 1.61. The van der Waals surface area contributed by atoms with Gasteiger partial charge < -0.3 is 9.64 Å². The predicted octanol–water partition coefficient (Wildman–Crippen LogP) is 1.75. The van der Waals surface area contributed by atoms with Crippen molar-refractivity contribution in [3.8, 4) is 5.88 Å². The van der Waals surface area contributed by atoms with Gasteiger partial charge in [-0.05, 0) is 0 Å². The lowest BCUT2D eigenvalue weighted by atomic mass is 10.3. The molecule has 0 amide bonds. The molecule has 2 aromatic rings. The Morgan fingerprint density at radius 3 is 2.69 bits per heavy atom. The molecule has 0 aliphatic heterocycles. The number of rotatable bonds is 2. The van der Waals surface area contributed by atoms with E-state index in [1.807, 2.05) is 14.1 Å². The summed E-state index contributed by atoms with van der Waals surface area (Å²) in [5.41, 5.74) is 0.718. The molecule has 6 heteroatoms. The molecule has 0 saturated heterocycles. The number of halogens is 1. The summed E-state index contributed by atoms with van der Waals surface area (Å²) in [5, 5.41) is 1.15. The lowest BCUT2D eigenvalue weighted by Gasteiger charge is -2.12. The van der Waals surface area contributed by atoms with Gasteiger partial charge in [0, 0.05) is 26.4 Å². The van der Waals surface area contributed by atoms with Gasteiger partial charge in [-0.1, -0.05) is 11.6 Å². The zero-order valence-corrected chi connectivity index (χ0v) is 9.99. The van der Waals surface area contributed by atoms with Gasteiger partial charge >= 0.3 is 0 Å². The molecule has 2 heterocycles. The number of methoxy groups -OCH3 is 1. The number of ether oxygens (including phenoxy) is 1. The molecule has 0 spiro atoms. The van der Waals surface area contributed by atoms with E-state index in [0.717, 1.165) is 10.9 Å². The normalized spacial score (nSPS) is 10.5. The Morgan fingerprint density at radius 2 is 2.06 bits per heavy atom. The second-order valence-corrected chi connectivity index (χ2v) is 3.84. The van der Waals surface area contributed by atoms with Gasteiger partial charge in [0.1, 0.15) is 5.15 Å². The molecule has 0 aliphatic rings. The van der Waals surface area contributed by atoms with E-state index in [0.29, 0.717) is 17.0 Å². The zero-order chi connectivity index (χ0) is 11.7. The number of hydrogen-bond donors (Lipinski definition) is 0. The van der Waals surface area contributed by atoms with Crippen LogP contribution in [0, 0.1) is 0 Å². The number of anilines is 1. The molecule has 84 valence electrons. The second-order valence-electron chi connectivity index (χ2n) is 3.45. The highest BCUT2D eigenvalue weighted by Gasteiger charge is 2.10. The fourth-order valence-electron chi connectivity index (χ4n) is 1.32. The topological polar surface area (TPSA) is 51.1 Å². The van der Waals surface area contributed by atoms with Crippen LogP contribution in [0.4, 0.5) is 5.95 Å². The van der Waals surface area contributed by atoms with Gasteiger partial charge in [-0.2, -0.15) is 4.98 Å². The molecule has 0 saturated carbocycles.